The van der Waals surface area contributed by atoms with Gasteiger partial charge in [0.25, 0.3) is 0 Å². The lowest BCUT2D eigenvalue weighted by Gasteiger charge is -2.60. The summed E-state index contributed by atoms with van der Waals surface area (Å²) in [5.41, 5.74) is -2.40. The molecule has 0 aromatic rings. The topological polar surface area (TPSA) is 94.8 Å². The Bertz CT molecular complexity index is 785. The van der Waals surface area contributed by atoms with Gasteiger partial charge in [0.15, 0.2) is 5.78 Å². The van der Waals surface area contributed by atoms with Crippen molar-refractivity contribution in [1.82, 2.24) is 0 Å². The molecule has 3 N–H and O–H groups in total. The zero-order valence-electron chi connectivity index (χ0n) is 18.4. The lowest BCUT2D eigenvalue weighted by molar-refractivity contribution is -0.180. The molecule has 182 valence electrons. The molecule has 4 rings (SSSR count). The van der Waals surface area contributed by atoms with Crippen LogP contribution in [0.3, 0.4) is 0 Å². The second kappa shape index (κ2) is 8.80. The lowest BCUT2D eigenvalue weighted by atomic mass is 9.44. The van der Waals surface area contributed by atoms with Gasteiger partial charge in [-0.1, -0.05) is 13.8 Å². The van der Waals surface area contributed by atoms with Gasteiger partial charge in [-0.3, -0.25) is 9.59 Å². The van der Waals surface area contributed by atoms with Crippen LogP contribution in [0.4, 0.5) is 17.6 Å². The van der Waals surface area contributed by atoms with Crippen LogP contribution >= 0.6 is 0 Å². The first-order valence-corrected chi connectivity index (χ1v) is 11.3. The Labute approximate surface area is 184 Å². The van der Waals surface area contributed by atoms with Gasteiger partial charge >= 0.3 is 12.2 Å². The third kappa shape index (κ3) is 3.84. The molecule has 0 unspecified atom stereocenters. The summed E-state index contributed by atoms with van der Waals surface area (Å²) in [5.74, 6) is 0.380. The molecule has 0 heterocycles. The van der Waals surface area contributed by atoms with Crippen molar-refractivity contribution >= 4 is 11.6 Å². The number of hydrogen-bond acceptors (Lipinski definition) is 5. The fourth-order valence-corrected chi connectivity index (χ4v) is 7.64. The van der Waals surface area contributed by atoms with Crippen molar-refractivity contribution in [2.24, 2.45) is 34.5 Å². The Morgan fingerprint density at radius 1 is 1.03 bits per heavy atom. The summed E-state index contributed by atoms with van der Waals surface area (Å²) in [6.45, 7) is 3.46. The fourth-order valence-electron chi connectivity index (χ4n) is 7.64. The number of Topliss-reactive ketones (excluding diaryl/α,β-unsaturated/α-hetero) is 2. The number of aliphatic hydroxyl groups excluding tert-OH is 2. The average Bonchev–Trinajstić information content (AvgIpc) is 2.99. The zero-order chi connectivity index (χ0) is 24.1. The average molecular weight is 464 g/mol. The van der Waals surface area contributed by atoms with E-state index in [9.17, 15) is 42.5 Å². The van der Waals surface area contributed by atoms with Gasteiger partial charge in [0.2, 0.25) is 0 Å². The zero-order valence-corrected chi connectivity index (χ0v) is 18.4. The molecule has 4 fully saturated rings. The minimum atomic E-state index is -2.91. The molecule has 0 saturated heterocycles. The summed E-state index contributed by atoms with van der Waals surface area (Å²) < 4.78 is 41.1. The molecular weight excluding hydrogens is 432 g/mol. The lowest BCUT2D eigenvalue weighted by Crippen LogP contribution is -2.62. The van der Waals surface area contributed by atoms with Crippen LogP contribution in [-0.2, 0) is 9.59 Å². The third-order valence-corrected chi connectivity index (χ3v) is 9.23. The van der Waals surface area contributed by atoms with Crippen molar-refractivity contribution in [2.45, 2.75) is 76.9 Å². The van der Waals surface area contributed by atoms with Crippen molar-refractivity contribution in [1.29, 1.82) is 0 Å². The number of carbonyl (C=O) groups excluding carboxylic acids is 2. The number of aliphatic hydroxyl groups is 3. The first-order valence-electron chi connectivity index (χ1n) is 11.3. The Morgan fingerprint density at radius 3 is 2.22 bits per heavy atom. The van der Waals surface area contributed by atoms with E-state index in [-0.39, 0.29) is 41.5 Å². The first-order chi connectivity index (χ1) is 14.8. The van der Waals surface area contributed by atoms with Gasteiger partial charge in [-0.25, -0.2) is 0 Å². The van der Waals surface area contributed by atoms with E-state index in [4.69, 9.17) is 0 Å². The van der Waals surface area contributed by atoms with Crippen molar-refractivity contribution in [2.75, 3.05) is 6.61 Å². The minimum Gasteiger partial charge on any atom is -0.393 e. The molecule has 0 spiro atoms. The van der Waals surface area contributed by atoms with E-state index in [0.717, 1.165) is 38.5 Å². The Kier molecular flexibility index (Phi) is 6.96. The maximum absolute atomic E-state index is 13.4. The molecule has 4 aliphatic carbocycles. The molecule has 0 radical (unpaired) electrons. The summed E-state index contributed by atoms with van der Waals surface area (Å²) in [7, 11) is 0. The van der Waals surface area contributed by atoms with Crippen LogP contribution in [0, 0.1) is 34.5 Å². The van der Waals surface area contributed by atoms with Gasteiger partial charge in [0.05, 0.1) is 6.10 Å². The van der Waals surface area contributed by atoms with Crippen LogP contribution < -0.4 is 0 Å². The van der Waals surface area contributed by atoms with Crippen LogP contribution in [-0.4, -0.2) is 45.2 Å². The molecule has 5 nitrogen and oxygen atoms in total. The standard InChI is InChI=1S/C21H32O5.C2F4/c1-19-7-5-13(23)9-12(19)3-4-14-15-6-8-21(26,17(25)11-22)20(15,2)10-16(24)18(14)19;3-1(4)2(5)6/h12-15,18,22-23,26H,3-11H2,1-2H3;/t12-,13-,14+,15+,18-,19+,20+,21+;/m1./s1. The number of ketones is 2. The van der Waals surface area contributed by atoms with E-state index in [0.29, 0.717) is 12.3 Å². The predicted octanol–water partition coefficient (Wildman–Crippen LogP) is 3.85. The van der Waals surface area contributed by atoms with Crippen molar-refractivity contribution in [3.05, 3.63) is 12.2 Å². The molecule has 0 bridgehead atoms. The second-order valence-corrected chi connectivity index (χ2v) is 10.5. The highest BCUT2D eigenvalue weighted by molar-refractivity contribution is 5.92. The number of hydrogen-bond donors (Lipinski definition) is 3. The van der Waals surface area contributed by atoms with E-state index in [1.54, 1.807) is 0 Å². The monoisotopic (exact) mass is 464 g/mol. The van der Waals surface area contributed by atoms with Crippen LogP contribution in [0.15, 0.2) is 12.2 Å². The minimum absolute atomic E-state index is 0.0154. The van der Waals surface area contributed by atoms with Gasteiger partial charge in [-0.15, -0.1) is 0 Å². The van der Waals surface area contributed by atoms with Crippen molar-refractivity contribution in [3.63, 3.8) is 0 Å². The number of rotatable bonds is 2. The molecular formula is C23H32F4O5. The van der Waals surface area contributed by atoms with E-state index in [1.807, 2.05) is 6.92 Å². The molecule has 4 aliphatic rings. The van der Waals surface area contributed by atoms with Gasteiger partial charge in [0, 0.05) is 17.8 Å². The van der Waals surface area contributed by atoms with Crippen molar-refractivity contribution in [3.8, 4) is 0 Å². The van der Waals surface area contributed by atoms with Crippen LogP contribution in [0.25, 0.3) is 0 Å². The quantitative estimate of drug-likeness (QED) is 0.540. The van der Waals surface area contributed by atoms with E-state index in [1.165, 1.54) is 0 Å². The summed E-state index contributed by atoms with van der Waals surface area (Å²) in [5, 5.41) is 30.6. The molecule has 8 atom stereocenters. The van der Waals surface area contributed by atoms with E-state index >= 15 is 0 Å². The Hall–Kier alpha value is -1.32. The molecule has 32 heavy (non-hydrogen) atoms. The molecule has 0 aromatic carbocycles. The first kappa shape index (κ1) is 25.3. The van der Waals surface area contributed by atoms with E-state index < -0.39 is 35.6 Å². The van der Waals surface area contributed by atoms with Crippen LogP contribution in [0.5, 0.6) is 0 Å². The summed E-state index contributed by atoms with van der Waals surface area (Å²) in [6.07, 6.45) is -0.341. The van der Waals surface area contributed by atoms with Gasteiger partial charge < -0.3 is 15.3 Å². The normalized spacial score (nSPS) is 45.0. The van der Waals surface area contributed by atoms with Crippen molar-refractivity contribution < 1.29 is 42.5 Å². The summed E-state index contributed by atoms with van der Waals surface area (Å²) in [4.78, 5) is 25.7. The van der Waals surface area contributed by atoms with Crippen LogP contribution in [0.2, 0.25) is 0 Å². The van der Waals surface area contributed by atoms with Crippen LogP contribution in [0.1, 0.15) is 65.2 Å². The van der Waals surface area contributed by atoms with Gasteiger partial charge in [-0.05, 0) is 68.1 Å². The number of fused-ring (bicyclic) bond motifs is 5. The maximum atomic E-state index is 13.4. The number of carbonyl (C=O) groups is 2. The smallest absolute Gasteiger partial charge is 0.334 e. The Morgan fingerprint density at radius 2 is 1.66 bits per heavy atom. The summed E-state index contributed by atoms with van der Waals surface area (Å²) >= 11 is 0. The Balaban J connectivity index is 0.000000427. The fraction of sp³-hybridized carbons (Fsp3) is 0.826. The molecule has 9 heteroatoms. The maximum Gasteiger partial charge on any atom is 0.334 e. The summed E-state index contributed by atoms with van der Waals surface area (Å²) in [6, 6.07) is 0. The number of halogens is 4. The van der Waals surface area contributed by atoms with Gasteiger partial charge in [-0.2, -0.15) is 17.6 Å². The largest absolute Gasteiger partial charge is 0.393 e. The SMILES string of the molecule is C[C@]12CC[C@@H](O)C[C@H]1CC[C@@H]1[C@@H]2C(=O)C[C@@]2(C)[C@H]1CC[C@]2(O)C(=O)CO.FC(F)=C(F)F. The molecule has 0 amide bonds. The predicted molar refractivity (Wildman–Crippen MR) is 107 cm³/mol. The van der Waals surface area contributed by atoms with E-state index in [2.05, 4.69) is 6.92 Å². The third-order valence-electron chi connectivity index (χ3n) is 9.23. The highest BCUT2D eigenvalue weighted by Gasteiger charge is 2.68. The molecule has 0 aromatic heterocycles. The highest BCUT2D eigenvalue weighted by Crippen LogP contribution is 2.67. The second-order valence-electron chi connectivity index (χ2n) is 10.5. The van der Waals surface area contributed by atoms with Gasteiger partial charge in [0.1, 0.15) is 18.0 Å². The molecule has 4 saturated carbocycles. The highest BCUT2D eigenvalue weighted by atomic mass is 19.3. The molecule has 0 aliphatic heterocycles.